The minimum absolute atomic E-state index is 0.147. The van der Waals surface area contributed by atoms with Crippen LogP contribution in [0.2, 0.25) is 10.0 Å². The first-order chi connectivity index (χ1) is 21.2. The average molecular weight is 715 g/mol. The summed E-state index contributed by atoms with van der Waals surface area (Å²) in [7, 11) is 1.56. The van der Waals surface area contributed by atoms with Crippen LogP contribution in [-0.4, -0.2) is 35.6 Å². The Balaban J connectivity index is 1.59. The molecular weight excluding hydrogens is 685 g/mol. The van der Waals surface area contributed by atoms with Crippen molar-refractivity contribution in [3.05, 3.63) is 123 Å². The largest absolute Gasteiger partial charge is 0.493 e. The average Bonchev–Trinajstić information content (AvgIpc) is 3.31. The lowest BCUT2D eigenvalue weighted by molar-refractivity contribution is -0.127. The Labute approximate surface area is 277 Å². The van der Waals surface area contributed by atoms with Crippen LogP contribution in [0.15, 0.2) is 86.2 Å². The van der Waals surface area contributed by atoms with E-state index in [1.807, 2.05) is 69.3 Å². The van der Waals surface area contributed by atoms with Crippen LogP contribution in [0.25, 0.3) is 6.08 Å². The lowest BCUT2D eigenvalue weighted by Crippen LogP contribution is -2.43. The monoisotopic (exact) mass is 713 g/mol. The van der Waals surface area contributed by atoms with Crippen LogP contribution in [-0.2, 0) is 11.4 Å². The minimum Gasteiger partial charge on any atom is -0.493 e. The maximum Gasteiger partial charge on any atom is 0.271 e. The van der Waals surface area contributed by atoms with E-state index in [-0.39, 0.29) is 18.1 Å². The van der Waals surface area contributed by atoms with Crippen LogP contribution >= 0.6 is 50.5 Å². The van der Waals surface area contributed by atoms with Crippen LogP contribution in [0.3, 0.4) is 0 Å². The maximum atomic E-state index is 14.1. The number of halogens is 3. The Bertz CT molecular complexity index is 1930. The van der Waals surface area contributed by atoms with Crippen molar-refractivity contribution in [1.29, 1.82) is 0 Å². The molecule has 0 saturated heterocycles. The molecule has 228 valence electrons. The third-order valence-electron chi connectivity index (χ3n) is 7.37. The molecule has 0 N–H and O–H groups in total. The second kappa shape index (κ2) is 13.7. The summed E-state index contributed by atoms with van der Waals surface area (Å²) >= 11 is 17.4. The van der Waals surface area contributed by atoms with Crippen LogP contribution < -0.4 is 24.4 Å². The first-order valence-electron chi connectivity index (χ1n) is 14.0. The molecule has 4 aromatic rings. The highest BCUT2D eigenvalue weighted by atomic mass is 79.9. The van der Waals surface area contributed by atoms with Crippen molar-refractivity contribution in [3.8, 4) is 11.5 Å². The highest BCUT2D eigenvalue weighted by molar-refractivity contribution is 9.10. The number of benzene rings is 3. The number of ether oxygens (including phenoxy) is 2. The van der Waals surface area contributed by atoms with Gasteiger partial charge in [0, 0.05) is 28.7 Å². The molecule has 0 bridgehead atoms. The number of allylic oxidation sites excluding steroid dienone is 1. The van der Waals surface area contributed by atoms with Crippen molar-refractivity contribution in [2.45, 2.75) is 33.4 Å². The van der Waals surface area contributed by atoms with Gasteiger partial charge in [0.25, 0.3) is 11.5 Å². The van der Waals surface area contributed by atoms with Crippen LogP contribution in [0.4, 0.5) is 0 Å². The first-order valence-corrected chi connectivity index (χ1v) is 16.3. The van der Waals surface area contributed by atoms with E-state index in [1.54, 1.807) is 34.8 Å². The van der Waals surface area contributed by atoms with E-state index in [2.05, 4.69) is 15.9 Å². The first kappa shape index (κ1) is 32.0. The zero-order chi connectivity index (χ0) is 31.5. The second-order valence-corrected chi connectivity index (χ2v) is 12.7. The molecule has 3 aromatic carbocycles. The van der Waals surface area contributed by atoms with Crippen molar-refractivity contribution >= 4 is 62.5 Å². The fourth-order valence-corrected chi connectivity index (χ4v) is 7.05. The van der Waals surface area contributed by atoms with Crippen molar-refractivity contribution < 1.29 is 14.3 Å². The van der Waals surface area contributed by atoms with Gasteiger partial charge in [0.05, 0.1) is 33.4 Å². The molecule has 11 heteroatoms. The predicted molar refractivity (Wildman–Crippen MR) is 180 cm³/mol. The molecule has 1 atom stereocenters. The van der Waals surface area contributed by atoms with Crippen molar-refractivity contribution in [2.75, 3.05) is 20.2 Å². The number of amides is 1. The number of likely N-dealkylation sites (N-methyl/N-ethyl adjacent to an activating group) is 1. The van der Waals surface area contributed by atoms with E-state index in [0.29, 0.717) is 59.7 Å². The van der Waals surface area contributed by atoms with Crippen LogP contribution in [0.1, 0.15) is 43.5 Å². The Hall–Kier alpha value is -3.37. The number of rotatable bonds is 9. The van der Waals surface area contributed by atoms with Gasteiger partial charge >= 0.3 is 0 Å². The van der Waals surface area contributed by atoms with Gasteiger partial charge in [-0.2, -0.15) is 0 Å². The number of carbonyl (C=O) groups is 1. The molecule has 2 heterocycles. The third-order valence-corrected chi connectivity index (χ3v) is 9.56. The number of methoxy groups -OCH3 is 1. The van der Waals surface area contributed by atoms with Gasteiger partial charge in [-0.05, 0) is 84.2 Å². The molecule has 1 aliphatic heterocycles. The lowest BCUT2D eigenvalue weighted by Gasteiger charge is -2.29. The molecule has 0 unspecified atom stereocenters. The highest BCUT2D eigenvalue weighted by Crippen LogP contribution is 2.38. The zero-order valence-corrected chi connectivity index (χ0v) is 28.5. The molecule has 0 radical (unpaired) electrons. The summed E-state index contributed by atoms with van der Waals surface area (Å²) in [5, 5.41) is 1.18. The topological polar surface area (TPSA) is 73.1 Å². The third kappa shape index (κ3) is 6.38. The maximum absolute atomic E-state index is 14.1. The van der Waals surface area contributed by atoms with Gasteiger partial charge in [-0.1, -0.05) is 64.9 Å². The van der Waals surface area contributed by atoms with Gasteiger partial charge in [-0.15, -0.1) is 0 Å². The summed E-state index contributed by atoms with van der Waals surface area (Å²) in [6, 6.07) is 17.7. The Morgan fingerprint density at radius 2 is 1.82 bits per heavy atom. The smallest absolute Gasteiger partial charge is 0.271 e. The standard InChI is InChI=1S/C33H30BrCl2N3O4S/c1-5-38(6-2)32(41)28-19(3)37-33-39(29(28)21-11-13-23(35)14-12-21)31(40)27(44-33)17-20-15-24(34)30(26(16-20)42-4)43-18-22-9-7-8-10-25(22)36/h7-17,29H,5-6,18H2,1-4H3/b27-17+/t29-/m0/s1. The summed E-state index contributed by atoms with van der Waals surface area (Å²) < 4.78 is 14.5. The van der Waals surface area contributed by atoms with Gasteiger partial charge in [0.15, 0.2) is 16.3 Å². The second-order valence-electron chi connectivity index (χ2n) is 10.0. The van der Waals surface area contributed by atoms with E-state index in [9.17, 15) is 9.59 Å². The normalized spacial score (nSPS) is 14.7. The van der Waals surface area contributed by atoms with Crippen molar-refractivity contribution in [2.24, 2.45) is 4.99 Å². The fourth-order valence-electron chi connectivity index (χ4n) is 5.12. The number of nitrogens with zero attached hydrogens (tertiary/aromatic N) is 3. The number of fused-ring (bicyclic) bond motifs is 1. The van der Waals surface area contributed by atoms with Gasteiger partial charge < -0.3 is 14.4 Å². The van der Waals surface area contributed by atoms with Gasteiger partial charge in [-0.25, -0.2) is 4.99 Å². The quantitative estimate of drug-likeness (QED) is 0.192. The molecule has 0 fully saturated rings. The van der Waals surface area contributed by atoms with Crippen molar-refractivity contribution in [3.63, 3.8) is 0 Å². The number of thiazole rings is 1. The molecule has 1 amide bonds. The van der Waals surface area contributed by atoms with Gasteiger partial charge in [-0.3, -0.25) is 14.2 Å². The van der Waals surface area contributed by atoms with E-state index in [4.69, 9.17) is 37.7 Å². The summed E-state index contributed by atoms with van der Waals surface area (Å²) in [5.74, 6) is 0.864. The molecule has 0 spiro atoms. The molecule has 1 aliphatic rings. The lowest BCUT2D eigenvalue weighted by atomic mass is 9.94. The number of aromatic nitrogens is 1. The molecule has 0 aliphatic carbocycles. The van der Waals surface area contributed by atoms with Gasteiger partial charge in [0.1, 0.15) is 6.61 Å². The number of hydrogen-bond acceptors (Lipinski definition) is 6. The number of hydrogen-bond donors (Lipinski definition) is 0. The Morgan fingerprint density at radius 3 is 2.48 bits per heavy atom. The molecular formula is C33H30BrCl2N3O4S. The van der Waals surface area contributed by atoms with E-state index >= 15 is 0 Å². The molecule has 7 nitrogen and oxygen atoms in total. The Morgan fingerprint density at radius 1 is 1.11 bits per heavy atom. The van der Waals surface area contributed by atoms with E-state index in [0.717, 1.165) is 16.7 Å². The van der Waals surface area contributed by atoms with Crippen LogP contribution in [0, 0.1) is 0 Å². The summed E-state index contributed by atoms with van der Waals surface area (Å²) in [4.78, 5) is 34.8. The SMILES string of the molecule is CCN(CC)C(=O)C1=C(C)N=c2s/c(=C/c3cc(Br)c(OCc4ccccc4Cl)c(OC)c3)c(=O)n2[C@H]1c1ccc(Cl)cc1. The minimum atomic E-state index is -0.652. The predicted octanol–water partition coefficient (Wildman–Crippen LogP) is 6.76. The molecule has 44 heavy (non-hydrogen) atoms. The summed E-state index contributed by atoms with van der Waals surface area (Å²) in [5.41, 5.74) is 3.15. The summed E-state index contributed by atoms with van der Waals surface area (Å²) in [6.45, 7) is 7.02. The number of carbonyl (C=O) groups excluding carboxylic acids is 1. The zero-order valence-electron chi connectivity index (χ0n) is 24.6. The van der Waals surface area contributed by atoms with E-state index < -0.39 is 6.04 Å². The van der Waals surface area contributed by atoms with E-state index in [1.165, 1.54) is 11.3 Å². The molecule has 0 saturated carbocycles. The molecule has 1 aromatic heterocycles. The van der Waals surface area contributed by atoms with Crippen molar-refractivity contribution in [1.82, 2.24) is 9.47 Å². The molecule has 5 rings (SSSR count). The fraction of sp³-hybridized carbons (Fsp3) is 0.242. The summed E-state index contributed by atoms with van der Waals surface area (Å²) in [6.07, 6.45) is 1.79. The van der Waals surface area contributed by atoms with Gasteiger partial charge in [0.2, 0.25) is 0 Å². The highest BCUT2D eigenvalue weighted by Gasteiger charge is 2.34. The van der Waals surface area contributed by atoms with Crippen LogP contribution in [0.5, 0.6) is 11.5 Å². The Kier molecular flexibility index (Phi) is 10.00.